The fraction of sp³-hybridized carbons (Fsp3) is 0.500. The van der Waals surface area contributed by atoms with E-state index >= 15 is 0 Å². The number of ether oxygens (including phenoxy) is 2. The average molecular weight is 186 g/mol. The number of rotatable bonds is 5. The Bertz CT molecular complexity index is 135. The summed E-state index contributed by atoms with van der Waals surface area (Å²) in [5, 5.41) is 0. The summed E-state index contributed by atoms with van der Waals surface area (Å²) in [5.74, 6) is -0.105. The first-order chi connectivity index (χ1) is 6.22. The molecule has 0 saturated heterocycles. The van der Waals surface area contributed by atoms with Gasteiger partial charge in [0.25, 0.3) is 0 Å². The van der Waals surface area contributed by atoms with Gasteiger partial charge in [0, 0.05) is 6.42 Å². The van der Waals surface area contributed by atoms with Crippen LogP contribution >= 0.6 is 0 Å². The van der Waals surface area contributed by atoms with Gasteiger partial charge in [-0.2, -0.15) is 0 Å². The molecule has 0 spiro atoms. The van der Waals surface area contributed by atoms with Crippen molar-refractivity contribution in [2.45, 2.75) is 26.7 Å². The van der Waals surface area contributed by atoms with Gasteiger partial charge in [0.15, 0.2) is 0 Å². The summed E-state index contributed by atoms with van der Waals surface area (Å²) in [7, 11) is 0. The minimum absolute atomic E-state index is 0.105. The molecule has 0 aromatic carbocycles. The van der Waals surface area contributed by atoms with E-state index in [-0.39, 0.29) is 5.97 Å². The normalized spacial score (nSPS) is 7.54. The lowest BCUT2D eigenvalue weighted by Crippen LogP contribution is -2.02. The van der Waals surface area contributed by atoms with Crippen molar-refractivity contribution in [3.8, 4) is 0 Å². The molecule has 0 unspecified atom stereocenters. The molecular weight excluding hydrogens is 168 g/mol. The Labute approximate surface area is 80.0 Å². The first kappa shape index (κ1) is 14.3. The van der Waals surface area contributed by atoms with Crippen LogP contribution in [0.4, 0.5) is 0 Å². The van der Waals surface area contributed by atoms with E-state index in [9.17, 15) is 4.79 Å². The van der Waals surface area contributed by atoms with Gasteiger partial charge in [-0.1, -0.05) is 27.0 Å². The predicted molar refractivity (Wildman–Crippen MR) is 53.0 cm³/mol. The molecule has 0 aliphatic rings. The molecular formula is C10H18O3. The maximum absolute atomic E-state index is 10.3. The molecule has 0 aromatic heterocycles. The van der Waals surface area contributed by atoms with Crippen LogP contribution in [0.15, 0.2) is 25.7 Å². The van der Waals surface area contributed by atoms with Crippen molar-refractivity contribution in [3.05, 3.63) is 25.7 Å². The predicted octanol–water partition coefficient (Wildman–Crippen LogP) is 2.64. The molecule has 0 rings (SSSR count). The number of esters is 1. The molecule has 13 heavy (non-hydrogen) atoms. The average Bonchev–Trinajstić information content (AvgIpc) is 2.16. The van der Waals surface area contributed by atoms with Crippen LogP contribution in [-0.2, 0) is 14.3 Å². The van der Waals surface area contributed by atoms with Crippen LogP contribution in [0, 0.1) is 0 Å². The number of hydrogen-bond acceptors (Lipinski definition) is 3. The van der Waals surface area contributed by atoms with E-state index in [1.165, 1.54) is 12.5 Å². The summed E-state index contributed by atoms with van der Waals surface area (Å²) in [5.41, 5.74) is 0. The molecule has 0 amide bonds. The third-order valence-electron chi connectivity index (χ3n) is 0.948. The van der Waals surface area contributed by atoms with E-state index in [0.717, 1.165) is 6.42 Å². The van der Waals surface area contributed by atoms with Crippen LogP contribution in [-0.4, -0.2) is 12.6 Å². The smallest absolute Gasteiger partial charge is 0.305 e. The summed E-state index contributed by atoms with van der Waals surface area (Å²) in [6.45, 7) is 10.8. The van der Waals surface area contributed by atoms with Crippen molar-refractivity contribution in [2.24, 2.45) is 0 Å². The fourth-order valence-electron chi connectivity index (χ4n) is 0.386. The lowest BCUT2D eigenvalue weighted by Gasteiger charge is -1.97. The summed E-state index contributed by atoms with van der Waals surface area (Å²) in [6, 6.07) is 0. The first-order valence-corrected chi connectivity index (χ1v) is 4.25. The second kappa shape index (κ2) is 13.3. The van der Waals surface area contributed by atoms with Crippen LogP contribution < -0.4 is 0 Å². The van der Waals surface area contributed by atoms with Crippen LogP contribution in [0.5, 0.6) is 0 Å². The minimum Gasteiger partial charge on any atom is -0.474 e. The lowest BCUT2D eigenvalue weighted by atomic mass is 10.5. The summed E-state index contributed by atoms with van der Waals surface area (Å²) in [6.07, 6.45) is 4.02. The highest BCUT2D eigenvalue weighted by atomic mass is 16.5. The van der Waals surface area contributed by atoms with Gasteiger partial charge in [0.05, 0.1) is 19.1 Å². The van der Waals surface area contributed by atoms with E-state index in [1.807, 2.05) is 6.92 Å². The molecule has 0 aliphatic carbocycles. The summed E-state index contributed by atoms with van der Waals surface area (Å²) >= 11 is 0. The summed E-state index contributed by atoms with van der Waals surface area (Å²) < 4.78 is 9.06. The van der Waals surface area contributed by atoms with Crippen molar-refractivity contribution < 1.29 is 14.3 Å². The third-order valence-corrected chi connectivity index (χ3v) is 0.948. The van der Waals surface area contributed by atoms with E-state index in [0.29, 0.717) is 13.0 Å². The molecule has 0 aliphatic heterocycles. The molecule has 0 atom stereocenters. The van der Waals surface area contributed by atoms with Crippen molar-refractivity contribution in [1.29, 1.82) is 0 Å². The fourth-order valence-corrected chi connectivity index (χ4v) is 0.386. The number of hydrogen-bond donors (Lipinski definition) is 0. The highest BCUT2D eigenvalue weighted by Crippen LogP contribution is 1.85. The monoisotopic (exact) mass is 186 g/mol. The van der Waals surface area contributed by atoms with Gasteiger partial charge < -0.3 is 9.47 Å². The van der Waals surface area contributed by atoms with Crippen molar-refractivity contribution in [2.75, 3.05) is 6.61 Å². The topological polar surface area (TPSA) is 35.5 Å². The van der Waals surface area contributed by atoms with Crippen molar-refractivity contribution >= 4 is 5.97 Å². The lowest BCUT2D eigenvalue weighted by molar-refractivity contribution is -0.143. The van der Waals surface area contributed by atoms with Gasteiger partial charge >= 0.3 is 5.97 Å². The zero-order chi connectivity index (χ0) is 10.5. The largest absolute Gasteiger partial charge is 0.474 e. The quantitative estimate of drug-likeness (QED) is 0.489. The van der Waals surface area contributed by atoms with Gasteiger partial charge in [-0.15, -0.1) is 0 Å². The van der Waals surface area contributed by atoms with Crippen LogP contribution in [0.25, 0.3) is 0 Å². The van der Waals surface area contributed by atoms with Gasteiger partial charge in [0.1, 0.15) is 0 Å². The zero-order valence-corrected chi connectivity index (χ0v) is 8.41. The molecule has 3 nitrogen and oxygen atoms in total. The van der Waals surface area contributed by atoms with Gasteiger partial charge in [-0.05, 0) is 6.42 Å². The highest BCUT2D eigenvalue weighted by Gasteiger charge is 1.93. The molecule has 0 radical (unpaired) electrons. The Balaban J connectivity index is 0. The number of carbonyl (C=O) groups is 1. The van der Waals surface area contributed by atoms with E-state index in [2.05, 4.69) is 17.9 Å². The van der Waals surface area contributed by atoms with E-state index < -0.39 is 0 Å². The maximum Gasteiger partial charge on any atom is 0.305 e. The molecule has 0 fully saturated rings. The Morgan fingerprint density at radius 2 is 1.85 bits per heavy atom. The van der Waals surface area contributed by atoms with E-state index in [1.54, 1.807) is 6.92 Å². The molecule has 0 bridgehead atoms. The molecule has 0 heterocycles. The van der Waals surface area contributed by atoms with Gasteiger partial charge in [0.2, 0.25) is 0 Å². The first-order valence-electron chi connectivity index (χ1n) is 4.25. The Morgan fingerprint density at radius 3 is 2.08 bits per heavy atom. The van der Waals surface area contributed by atoms with Gasteiger partial charge in [-0.25, -0.2) is 0 Å². The molecule has 3 heteroatoms. The van der Waals surface area contributed by atoms with Crippen molar-refractivity contribution in [1.82, 2.24) is 0 Å². The minimum atomic E-state index is -0.105. The second-order valence-corrected chi connectivity index (χ2v) is 2.04. The molecule has 0 aromatic rings. The Hall–Kier alpha value is -1.25. The molecule has 76 valence electrons. The Morgan fingerprint density at radius 1 is 1.31 bits per heavy atom. The SMILES string of the molecule is C=COC=C.CCCOC(=O)CC. The molecule has 0 saturated carbocycles. The Kier molecular flexibility index (Phi) is 14.7. The third kappa shape index (κ3) is 18.1. The molecule has 0 N–H and O–H groups in total. The van der Waals surface area contributed by atoms with Crippen LogP contribution in [0.2, 0.25) is 0 Å². The zero-order valence-electron chi connectivity index (χ0n) is 8.41. The van der Waals surface area contributed by atoms with Crippen molar-refractivity contribution in [3.63, 3.8) is 0 Å². The van der Waals surface area contributed by atoms with Gasteiger partial charge in [-0.3, -0.25) is 4.79 Å². The second-order valence-electron chi connectivity index (χ2n) is 2.04. The maximum atomic E-state index is 10.3. The summed E-state index contributed by atoms with van der Waals surface area (Å²) in [4.78, 5) is 10.3. The number of carbonyl (C=O) groups excluding carboxylic acids is 1. The highest BCUT2D eigenvalue weighted by molar-refractivity contribution is 5.68. The van der Waals surface area contributed by atoms with E-state index in [4.69, 9.17) is 4.74 Å². The van der Waals surface area contributed by atoms with Crippen LogP contribution in [0.1, 0.15) is 26.7 Å². The van der Waals surface area contributed by atoms with Crippen LogP contribution in [0.3, 0.4) is 0 Å². The standard InChI is InChI=1S/C6H12O2.C4H6O/c1-3-5-8-6(7)4-2;1-3-5-4-2/h3-5H2,1-2H3;3-4H,1-2H2.